The summed E-state index contributed by atoms with van der Waals surface area (Å²) in [6.07, 6.45) is 2.17. The number of piperidine rings is 1. The van der Waals surface area contributed by atoms with Crippen molar-refractivity contribution in [1.82, 2.24) is 4.98 Å². The van der Waals surface area contributed by atoms with Gasteiger partial charge in [-0.2, -0.15) is 0 Å². The van der Waals surface area contributed by atoms with E-state index in [1.165, 1.54) is 4.88 Å². The van der Waals surface area contributed by atoms with Gasteiger partial charge in [0.15, 0.2) is 5.13 Å². The zero-order valence-corrected chi connectivity index (χ0v) is 12.3. The van der Waals surface area contributed by atoms with Gasteiger partial charge >= 0.3 is 0 Å². The Bertz CT molecular complexity index is 551. The van der Waals surface area contributed by atoms with Crippen LogP contribution >= 0.6 is 22.7 Å². The van der Waals surface area contributed by atoms with Gasteiger partial charge in [-0.15, -0.1) is 22.7 Å². The van der Waals surface area contributed by atoms with E-state index in [0.29, 0.717) is 5.92 Å². The fourth-order valence-corrected chi connectivity index (χ4v) is 4.03. The molecule has 0 saturated carbocycles. The number of rotatable bonds is 3. The average Bonchev–Trinajstić information content (AvgIpc) is 3.10. The van der Waals surface area contributed by atoms with E-state index in [9.17, 15) is 0 Å². The molecular formula is C14H17N3S2. The van der Waals surface area contributed by atoms with Gasteiger partial charge < -0.3 is 10.6 Å². The minimum Gasteiger partial charge on any atom is -0.402 e. The van der Waals surface area contributed by atoms with Crippen molar-refractivity contribution < 1.29 is 0 Å². The molecule has 100 valence electrons. The maximum Gasteiger partial charge on any atom is 0.185 e. The van der Waals surface area contributed by atoms with E-state index >= 15 is 0 Å². The highest BCUT2D eigenvalue weighted by Gasteiger charge is 2.22. The Hall–Kier alpha value is -1.33. The zero-order valence-electron chi connectivity index (χ0n) is 10.7. The molecule has 2 aromatic heterocycles. The van der Waals surface area contributed by atoms with Crippen LogP contribution in [-0.2, 0) is 0 Å². The highest BCUT2D eigenvalue weighted by atomic mass is 32.1. The molecule has 2 aromatic rings. The van der Waals surface area contributed by atoms with E-state index < -0.39 is 0 Å². The molecule has 1 fully saturated rings. The van der Waals surface area contributed by atoms with Gasteiger partial charge in [-0.1, -0.05) is 12.6 Å². The molecule has 0 spiro atoms. The first kappa shape index (κ1) is 12.7. The summed E-state index contributed by atoms with van der Waals surface area (Å²) in [7, 11) is 0. The molecule has 0 bridgehead atoms. The van der Waals surface area contributed by atoms with Crippen LogP contribution in [0.4, 0.5) is 5.13 Å². The van der Waals surface area contributed by atoms with E-state index in [1.54, 1.807) is 22.7 Å². The Morgan fingerprint density at radius 2 is 2.16 bits per heavy atom. The summed E-state index contributed by atoms with van der Waals surface area (Å²) in [6.45, 7) is 5.91. The lowest BCUT2D eigenvalue weighted by Gasteiger charge is -2.31. The molecule has 0 amide bonds. The first-order chi connectivity index (χ1) is 9.24. The van der Waals surface area contributed by atoms with Crippen molar-refractivity contribution in [2.45, 2.75) is 12.8 Å². The number of thiophene rings is 1. The summed E-state index contributed by atoms with van der Waals surface area (Å²) >= 11 is 3.47. The van der Waals surface area contributed by atoms with Crippen molar-refractivity contribution in [2.24, 2.45) is 11.7 Å². The second kappa shape index (κ2) is 5.35. The highest BCUT2D eigenvalue weighted by Crippen LogP contribution is 2.32. The number of hydrogen-bond acceptors (Lipinski definition) is 5. The van der Waals surface area contributed by atoms with Crippen LogP contribution in [0.25, 0.3) is 10.6 Å². The second-order valence-electron chi connectivity index (χ2n) is 4.83. The Balaban J connectivity index is 1.69. The van der Waals surface area contributed by atoms with Crippen molar-refractivity contribution >= 4 is 27.8 Å². The third-order valence-electron chi connectivity index (χ3n) is 3.56. The lowest BCUT2D eigenvalue weighted by molar-refractivity contribution is 0.456. The number of allylic oxidation sites excluding steroid dienone is 1. The normalized spacial score (nSPS) is 16.7. The average molecular weight is 291 g/mol. The molecule has 0 aliphatic carbocycles. The van der Waals surface area contributed by atoms with Gasteiger partial charge in [-0.3, -0.25) is 0 Å². The number of thiazole rings is 1. The maximum absolute atomic E-state index is 5.79. The van der Waals surface area contributed by atoms with Gasteiger partial charge in [0.1, 0.15) is 0 Å². The van der Waals surface area contributed by atoms with Crippen LogP contribution in [0.5, 0.6) is 0 Å². The van der Waals surface area contributed by atoms with Crippen molar-refractivity contribution in [2.75, 3.05) is 18.0 Å². The Morgan fingerprint density at radius 3 is 2.79 bits per heavy atom. The van der Waals surface area contributed by atoms with Crippen LogP contribution in [0, 0.1) is 5.92 Å². The van der Waals surface area contributed by atoms with Gasteiger partial charge in [0.05, 0.1) is 10.6 Å². The van der Waals surface area contributed by atoms with E-state index in [2.05, 4.69) is 34.4 Å². The van der Waals surface area contributed by atoms with Crippen LogP contribution in [0.15, 0.2) is 35.2 Å². The summed E-state index contributed by atoms with van der Waals surface area (Å²) in [5.74, 6) is 0.480. The molecule has 2 N–H and O–H groups in total. The number of nitrogens with two attached hydrogens (primary N) is 1. The molecule has 0 atom stereocenters. The van der Waals surface area contributed by atoms with Crippen LogP contribution in [0.1, 0.15) is 12.8 Å². The molecule has 1 aliphatic heterocycles. The molecule has 1 saturated heterocycles. The van der Waals surface area contributed by atoms with E-state index in [0.717, 1.165) is 42.5 Å². The zero-order chi connectivity index (χ0) is 13.2. The van der Waals surface area contributed by atoms with Crippen LogP contribution < -0.4 is 10.6 Å². The standard InChI is InChI=1S/C14H17N3S2/c1-10(15)11-4-6-17(7-5-11)14-16-12(9-19-14)13-3-2-8-18-13/h2-3,8-9,11H,1,4-7,15H2. The number of hydrogen-bond donors (Lipinski definition) is 1. The van der Waals surface area contributed by atoms with Gasteiger partial charge in [0, 0.05) is 30.1 Å². The van der Waals surface area contributed by atoms with E-state index in [-0.39, 0.29) is 0 Å². The fraction of sp³-hybridized carbons (Fsp3) is 0.357. The van der Waals surface area contributed by atoms with Gasteiger partial charge in [0.2, 0.25) is 0 Å². The number of anilines is 1. The topological polar surface area (TPSA) is 42.1 Å². The summed E-state index contributed by atoms with van der Waals surface area (Å²) in [5.41, 5.74) is 7.72. The van der Waals surface area contributed by atoms with Gasteiger partial charge in [-0.05, 0) is 24.3 Å². The summed E-state index contributed by atoms with van der Waals surface area (Å²) in [5, 5.41) is 5.37. The SMILES string of the molecule is C=C(N)C1CCN(c2nc(-c3cccs3)cs2)CC1. The fourth-order valence-electron chi connectivity index (χ4n) is 2.39. The van der Waals surface area contributed by atoms with Crippen molar-refractivity contribution in [3.8, 4) is 10.6 Å². The molecule has 5 heteroatoms. The minimum absolute atomic E-state index is 0.480. The highest BCUT2D eigenvalue weighted by molar-refractivity contribution is 7.16. The third-order valence-corrected chi connectivity index (χ3v) is 5.35. The minimum atomic E-state index is 0.480. The molecule has 0 radical (unpaired) electrons. The van der Waals surface area contributed by atoms with E-state index in [4.69, 9.17) is 10.7 Å². The first-order valence-corrected chi connectivity index (χ1v) is 8.18. The van der Waals surface area contributed by atoms with Crippen LogP contribution in [0.3, 0.4) is 0 Å². The summed E-state index contributed by atoms with van der Waals surface area (Å²) in [4.78, 5) is 8.35. The lowest BCUT2D eigenvalue weighted by atomic mass is 9.95. The molecule has 0 aromatic carbocycles. The van der Waals surface area contributed by atoms with E-state index in [1.807, 2.05) is 0 Å². The molecule has 3 nitrogen and oxygen atoms in total. The predicted octanol–water partition coefficient (Wildman–Crippen LogP) is 3.56. The third kappa shape index (κ3) is 2.67. The van der Waals surface area contributed by atoms with Crippen molar-refractivity contribution in [3.63, 3.8) is 0 Å². The Morgan fingerprint density at radius 1 is 1.37 bits per heavy atom. The number of aromatic nitrogens is 1. The molecular weight excluding hydrogens is 274 g/mol. The summed E-state index contributed by atoms with van der Waals surface area (Å²) in [6, 6.07) is 4.19. The second-order valence-corrected chi connectivity index (χ2v) is 6.61. The quantitative estimate of drug-likeness (QED) is 0.940. The van der Waals surface area contributed by atoms with Crippen molar-refractivity contribution in [3.05, 3.63) is 35.2 Å². The maximum atomic E-state index is 5.79. The number of nitrogens with zero attached hydrogens (tertiary/aromatic N) is 2. The smallest absolute Gasteiger partial charge is 0.185 e. The molecule has 3 rings (SSSR count). The van der Waals surface area contributed by atoms with Gasteiger partial charge in [0.25, 0.3) is 0 Å². The molecule has 3 heterocycles. The predicted molar refractivity (Wildman–Crippen MR) is 83.7 cm³/mol. The Labute approximate surface area is 121 Å². The Kier molecular flexibility index (Phi) is 3.57. The van der Waals surface area contributed by atoms with Crippen LogP contribution in [0.2, 0.25) is 0 Å². The largest absolute Gasteiger partial charge is 0.402 e. The van der Waals surface area contributed by atoms with Crippen molar-refractivity contribution in [1.29, 1.82) is 0 Å². The van der Waals surface area contributed by atoms with Gasteiger partial charge in [-0.25, -0.2) is 4.98 Å². The lowest BCUT2D eigenvalue weighted by Crippen LogP contribution is -2.35. The van der Waals surface area contributed by atoms with Crippen LogP contribution in [-0.4, -0.2) is 18.1 Å². The molecule has 19 heavy (non-hydrogen) atoms. The summed E-state index contributed by atoms with van der Waals surface area (Å²) < 4.78 is 0. The monoisotopic (exact) mass is 291 g/mol. The molecule has 0 unspecified atom stereocenters. The first-order valence-electron chi connectivity index (χ1n) is 6.42. The molecule has 1 aliphatic rings.